The van der Waals surface area contributed by atoms with Crippen molar-refractivity contribution in [1.82, 2.24) is 10.2 Å². The van der Waals surface area contributed by atoms with E-state index in [4.69, 9.17) is 16.3 Å². The Bertz CT molecular complexity index is 1180. The zero-order valence-electron chi connectivity index (χ0n) is 21.7. The molecule has 0 aromatic heterocycles. The summed E-state index contributed by atoms with van der Waals surface area (Å²) in [6, 6.07) is 13.5. The molecule has 0 heterocycles. The molecule has 0 spiro atoms. The predicted molar refractivity (Wildman–Crippen MR) is 146 cm³/mol. The molecule has 2 amide bonds. The molecular formula is C27H36ClN3O5S. The summed E-state index contributed by atoms with van der Waals surface area (Å²) >= 11 is 6.36. The Labute approximate surface area is 225 Å². The van der Waals surface area contributed by atoms with Crippen molar-refractivity contribution in [1.29, 1.82) is 0 Å². The van der Waals surface area contributed by atoms with E-state index in [1.165, 1.54) is 16.3 Å². The van der Waals surface area contributed by atoms with Crippen molar-refractivity contribution in [2.75, 3.05) is 24.2 Å². The average molecular weight is 550 g/mol. The van der Waals surface area contributed by atoms with Gasteiger partial charge in [-0.2, -0.15) is 0 Å². The number of methoxy groups -OCH3 is 1. The number of nitrogens with one attached hydrogen (secondary N) is 1. The van der Waals surface area contributed by atoms with Crippen LogP contribution in [0.4, 0.5) is 5.69 Å². The van der Waals surface area contributed by atoms with Gasteiger partial charge in [0.05, 0.1) is 19.1 Å². The Balaban J connectivity index is 1.74. The number of rotatable bonds is 12. The Kier molecular flexibility index (Phi) is 10.2. The lowest BCUT2D eigenvalue weighted by molar-refractivity contribution is -0.140. The molecule has 202 valence electrons. The Morgan fingerprint density at radius 3 is 2.41 bits per heavy atom. The van der Waals surface area contributed by atoms with E-state index in [1.807, 2.05) is 18.2 Å². The van der Waals surface area contributed by atoms with E-state index in [0.717, 1.165) is 37.5 Å². The van der Waals surface area contributed by atoms with Crippen LogP contribution in [-0.2, 0) is 26.2 Å². The topological polar surface area (TPSA) is 96.0 Å². The van der Waals surface area contributed by atoms with Crippen LogP contribution in [-0.4, -0.2) is 57.1 Å². The Morgan fingerprint density at radius 2 is 1.76 bits per heavy atom. The van der Waals surface area contributed by atoms with Gasteiger partial charge in [-0.05, 0) is 49.9 Å². The lowest BCUT2D eigenvalue weighted by Crippen LogP contribution is -2.49. The van der Waals surface area contributed by atoms with Crippen LogP contribution < -0.4 is 14.4 Å². The SMILES string of the molecule is COc1ccccc1N(CCCC(=O)N(Cc1ccccc1Cl)C(C)C(=O)NC1CCCC1)S(C)(=O)=O. The van der Waals surface area contributed by atoms with Crippen molar-refractivity contribution in [2.45, 2.75) is 64.1 Å². The number of hydrogen-bond acceptors (Lipinski definition) is 5. The fourth-order valence-corrected chi connectivity index (χ4v) is 5.77. The number of halogens is 1. The maximum atomic E-state index is 13.4. The van der Waals surface area contributed by atoms with Gasteiger partial charge in [0.15, 0.2) is 0 Å². The summed E-state index contributed by atoms with van der Waals surface area (Å²) in [6.07, 6.45) is 5.52. The number of hydrogen-bond donors (Lipinski definition) is 1. The molecule has 1 fully saturated rings. The molecule has 8 nitrogen and oxygen atoms in total. The molecule has 1 atom stereocenters. The van der Waals surface area contributed by atoms with E-state index < -0.39 is 16.1 Å². The summed E-state index contributed by atoms with van der Waals surface area (Å²) in [6.45, 7) is 1.99. The maximum Gasteiger partial charge on any atom is 0.242 e. The van der Waals surface area contributed by atoms with Gasteiger partial charge < -0.3 is 15.0 Å². The third-order valence-corrected chi connectivity index (χ3v) is 8.22. The van der Waals surface area contributed by atoms with E-state index in [1.54, 1.807) is 37.3 Å². The van der Waals surface area contributed by atoms with Gasteiger partial charge in [0.2, 0.25) is 21.8 Å². The van der Waals surface area contributed by atoms with Crippen LogP contribution in [0.25, 0.3) is 0 Å². The van der Waals surface area contributed by atoms with Crippen LogP contribution in [0.5, 0.6) is 5.75 Å². The van der Waals surface area contributed by atoms with Crippen LogP contribution >= 0.6 is 11.6 Å². The first-order valence-electron chi connectivity index (χ1n) is 12.6. The third-order valence-electron chi connectivity index (χ3n) is 6.67. The van der Waals surface area contributed by atoms with E-state index in [9.17, 15) is 18.0 Å². The molecule has 10 heteroatoms. The van der Waals surface area contributed by atoms with Gasteiger partial charge in [0.1, 0.15) is 11.8 Å². The van der Waals surface area contributed by atoms with E-state index in [2.05, 4.69) is 5.32 Å². The molecule has 1 aliphatic rings. The lowest BCUT2D eigenvalue weighted by atomic mass is 10.1. The number of sulfonamides is 1. The number of amides is 2. The summed E-state index contributed by atoms with van der Waals surface area (Å²) in [4.78, 5) is 28.0. The zero-order chi connectivity index (χ0) is 27.0. The van der Waals surface area contributed by atoms with Crippen molar-refractivity contribution >= 4 is 39.1 Å². The first kappa shape index (κ1) is 28.8. The van der Waals surface area contributed by atoms with Crippen molar-refractivity contribution in [3.8, 4) is 5.75 Å². The number of para-hydroxylation sites is 2. The number of carbonyl (C=O) groups excluding carboxylic acids is 2. The molecule has 0 radical (unpaired) electrons. The fraction of sp³-hybridized carbons (Fsp3) is 0.481. The highest BCUT2D eigenvalue weighted by Gasteiger charge is 2.29. The van der Waals surface area contributed by atoms with Crippen LogP contribution in [0.15, 0.2) is 48.5 Å². The highest BCUT2D eigenvalue weighted by Crippen LogP contribution is 2.30. The van der Waals surface area contributed by atoms with Gasteiger partial charge >= 0.3 is 0 Å². The molecule has 0 saturated heterocycles. The van der Waals surface area contributed by atoms with Crippen LogP contribution in [0.3, 0.4) is 0 Å². The minimum atomic E-state index is -3.62. The monoisotopic (exact) mass is 549 g/mol. The quantitative estimate of drug-likeness (QED) is 0.424. The van der Waals surface area contributed by atoms with Crippen molar-refractivity contribution < 1.29 is 22.7 Å². The highest BCUT2D eigenvalue weighted by atomic mass is 35.5. The third kappa shape index (κ3) is 7.85. The summed E-state index contributed by atoms with van der Waals surface area (Å²) in [5.74, 6) is -0.0154. The second-order valence-electron chi connectivity index (χ2n) is 9.39. The molecule has 37 heavy (non-hydrogen) atoms. The smallest absolute Gasteiger partial charge is 0.242 e. The van der Waals surface area contributed by atoms with Crippen molar-refractivity contribution in [2.24, 2.45) is 0 Å². The van der Waals surface area contributed by atoms with Gasteiger partial charge in [-0.25, -0.2) is 8.42 Å². The number of ether oxygens (including phenoxy) is 1. The van der Waals surface area contributed by atoms with Crippen LogP contribution in [0.1, 0.15) is 51.0 Å². The maximum absolute atomic E-state index is 13.4. The van der Waals surface area contributed by atoms with E-state index in [0.29, 0.717) is 16.5 Å². The van der Waals surface area contributed by atoms with Gasteiger partial charge in [-0.3, -0.25) is 13.9 Å². The fourth-order valence-electron chi connectivity index (χ4n) is 4.60. The Hall–Kier alpha value is -2.78. The second-order valence-corrected chi connectivity index (χ2v) is 11.7. The van der Waals surface area contributed by atoms with Crippen LogP contribution in [0.2, 0.25) is 5.02 Å². The Morgan fingerprint density at radius 1 is 1.11 bits per heavy atom. The second kappa shape index (κ2) is 13.1. The minimum absolute atomic E-state index is 0.0622. The normalized spacial score (nSPS) is 14.7. The van der Waals surface area contributed by atoms with Gasteiger partial charge in [-0.1, -0.05) is 54.8 Å². The molecule has 2 aromatic carbocycles. The molecule has 0 aliphatic heterocycles. The molecule has 3 rings (SSSR count). The largest absolute Gasteiger partial charge is 0.495 e. The number of benzene rings is 2. The molecular weight excluding hydrogens is 514 g/mol. The van der Waals surface area contributed by atoms with Gasteiger partial charge in [-0.15, -0.1) is 0 Å². The molecule has 2 aromatic rings. The van der Waals surface area contributed by atoms with Gasteiger partial charge in [0, 0.05) is 30.6 Å². The molecule has 1 N–H and O–H groups in total. The molecule has 1 unspecified atom stereocenters. The number of anilines is 1. The molecule has 0 bridgehead atoms. The standard InChI is InChI=1S/C27H36ClN3O5S/c1-20(27(33)29-22-12-5-6-13-22)30(19-21-11-4-7-14-23(21)28)26(32)17-10-18-31(37(3,34)35)24-15-8-9-16-25(24)36-2/h4,7-9,11,14-16,20,22H,5-6,10,12-13,17-19H2,1-3H3,(H,29,33). The van der Waals surface area contributed by atoms with Crippen molar-refractivity contribution in [3.05, 3.63) is 59.1 Å². The highest BCUT2D eigenvalue weighted by molar-refractivity contribution is 7.92. The first-order valence-corrected chi connectivity index (χ1v) is 14.8. The average Bonchev–Trinajstić information content (AvgIpc) is 3.38. The summed E-state index contributed by atoms with van der Waals surface area (Å²) < 4.78 is 31.7. The minimum Gasteiger partial charge on any atom is -0.495 e. The lowest BCUT2D eigenvalue weighted by Gasteiger charge is -2.30. The van der Waals surface area contributed by atoms with Crippen LogP contribution in [0, 0.1) is 0 Å². The predicted octanol–water partition coefficient (Wildman–Crippen LogP) is 4.37. The molecule has 1 saturated carbocycles. The molecule has 1 aliphatic carbocycles. The number of carbonyl (C=O) groups is 2. The summed E-state index contributed by atoms with van der Waals surface area (Å²) in [5, 5.41) is 3.59. The summed E-state index contributed by atoms with van der Waals surface area (Å²) in [7, 11) is -2.14. The number of nitrogens with zero attached hydrogens (tertiary/aromatic N) is 2. The van der Waals surface area contributed by atoms with Gasteiger partial charge in [0.25, 0.3) is 0 Å². The van der Waals surface area contributed by atoms with E-state index in [-0.39, 0.29) is 43.8 Å². The van der Waals surface area contributed by atoms with Crippen molar-refractivity contribution in [3.63, 3.8) is 0 Å². The zero-order valence-corrected chi connectivity index (χ0v) is 23.2. The first-order chi connectivity index (χ1) is 17.6. The summed E-state index contributed by atoms with van der Waals surface area (Å²) in [5.41, 5.74) is 1.15. The van der Waals surface area contributed by atoms with E-state index >= 15 is 0 Å².